The van der Waals surface area contributed by atoms with Crippen LogP contribution in [0.5, 0.6) is 0 Å². The summed E-state index contributed by atoms with van der Waals surface area (Å²) in [6.45, 7) is 0. The summed E-state index contributed by atoms with van der Waals surface area (Å²) in [7, 11) is 0. The molecule has 0 aliphatic rings. The highest BCUT2D eigenvalue weighted by atomic mass is 32.1. The minimum absolute atomic E-state index is 0.993. The Morgan fingerprint density at radius 1 is 0.347 bits per heavy atom. The van der Waals surface area contributed by atoms with E-state index < -0.39 is 0 Å². The molecule has 0 unspecified atom stereocenters. The molecular weight excluding hydrogens is 611 g/mol. The molecule has 2 heterocycles. The van der Waals surface area contributed by atoms with Crippen molar-refractivity contribution in [1.82, 2.24) is 4.98 Å². The van der Waals surface area contributed by atoms with Gasteiger partial charge in [0, 0.05) is 31.9 Å². The molecule has 0 saturated heterocycles. The number of rotatable bonds is 3. The van der Waals surface area contributed by atoms with Gasteiger partial charge >= 0.3 is 0 Å². The fourth-order valence-corrected chi connectivity index (χ4v) is 9.50. The molecule has 0 aliphatic carbocycles. The van der Waals surface area contributed by atoms with Gasteiger partial charge < -0.3 is 0 Å². The molecule has 0 N–H and O–H groups in total. The summed E-state index contributed by atoms with van der Waals surface area (Å²) in [6, 6.07) is 58.2. The summed E-state index contributed by atoms with van der Waals surface area (Å²) in [4.78, 5) is 4.76. The SMILES string of the molecule is c1ccc(-c2cc3c4ccccc4c4cccc5c6cc(-c7cccc(-c8cccc9c8sc8ccccc89)c7)ccc6c(c2)c3c45)nc1. The van der Waals surface area contributed by atoms with Crippen LogP contribution in [0.4, 0.5) is 0 Å². The molecule has 0 spiro atoms. The van der Waals surface area contributed by atoms with Crippen LogP contribution < -0.4 is 0 Å². The molecule has 0 fully saturated rings. The molecule has 49 heavy (non-hydrogen) atoms. The normalized spacial score (nSPS) is 12.1. The lowest BCUT2D eigenvalue weighted by Crippen LogP contribution is -1.92. The fourth-order valence-electron chi connectivity index (χ4n) is 8.26. The van der Waals surface area contributed by atoms with E-state index in [1.54, 1.807) is 0 Å². The van der Waals surface area contributed by atoms with Gasteiger partial charge in [-0.05, 0) is 119 Å². The Kier molecular flexibility index (Phi) is 5.61. The topological polar surface area (TPSA) is 12.9 Å². The number of hydrogen-bond donors (Lipinski definition) is 0. The van der Waals surface area contributed by atoms with Gasteiger partial charge in [-0.3, -0.25) is 4.98 Å². The molecule has 0 amide bonds. The van der Waals surface area contributed by atoms with E-state index in [9.17, 15) is 0 Å². The van der Waals surface area contributed by atoms with Gasteiger partial charge in [-0.1, -0.05) is 115 Å². The summed E-state index contributed by atoms with van der Waals surface area (Å²) in [5, 5.41) is 15.6. The standard InChI is InChI=1S/C47H27NS/c1-2-13-34-33(12-1)37-16-9-17-38-40-25-29(21-22-35(40)42-27-31(43-19-5-6-23-48-43)26-41(34)46(42)45(37)38)28-10-7-11-30(24-28)32-15-8-18-39-36-14-3-4-20-44(36)49-47(32)39/h1-27H. The van der Waals surface area contributed by atoms with Crippen LogP contribution in [0, 0.1) is 0 Å². The Balaban J connectivity index is 1.18. The lowest BCUT2D eigenvalue weighted by atomic mass is 9.84. The van der Waals surface area contributed by atoms with Crippen molar-refractivity contribution in [3.63, 3.8) is 0 Å². The van der Waals surface area contributed by atoms with Crippen molar-refractivity contribution in [3.05, 3.63) is 164 Å². The Labute approximate surface area is 286 Å². The quantitative estimate of drug-likeness (QED) is 0.139. The summed E-state index contributed by atoms with van der Waals surface area (Å²) >= 11 is 1.89. The third kappa shape index (κ3) is 3.90. The van der Waals surface area contributed by atoms with Crippen LogP contribution in [0.3, 0.4) is 0 Å². The van der Waals surface area contributed by atoms with Gasteiger partial charge in [0.1, 0.15) is 0 Å². The largest absolute Gasteiger partial charge is 0.256 e. The third-order valence-electron chi connectivity index (χ3n) is 10.4. The molecule has 226 valence electrons. The summed E-state index contributed by atoms with van der Waals surface area (Å²) in [6.07, 6.45) is 1.89. The van der Waals surface area contributed by atoms with E-state index in [0.717, 1.165) is 11.3 Å². The van der Waals surface area contributed by atoms with E-state index in [4.69, 9.17) is 4.98 Å². The molecule has 0 aliphatic heterocycles. The van der Waals surface area contributed by atoms with E-state index in [1.165, 1.54) is 96.3 Å². The second-order valence-corrected chi connectivity index (χ2v) is 14.1. The van der Waals surface area contributed by atoms with Crippen LogP contribution in [0.25, 0.3) is 108 Å². The van der Waals surface area contributed by atoms with Crippen molar-refractivity contribution in [2.75, 3.05) is 0 Å². The lowest BCUT2D eigenvalue weighted by Gasteiger charge is -2.19. The summed E-state index contributed by atoms with van der Waals surface area (Å²) in [5.41, 5.74) is 7.12. The fraction of sp³-hybridized carbons (Fsp3) is 0. The Hall–Kier alpha value is -6.09. The van der Waals surface area contributed by atoms with Gasteiger partial charge in [-0.2, -0.15) is 0 Å². The second kappa shape index (κ2) is 10.2. The first-order valence-corrected chi connectivity index (χ1v) is 17.6. The number of fused-ring (bicyclic) bond motifs is 9. The Bertz CT molecular complexity index is 3100. The number of thiophene rings is 1. The monoisotopic (exact) mass is 637 g/mol. The van der Waals surface area contributed by atoms with Crippen LogP contribution >= 0.6 is 11.3 Å². The molecule has 9 aromatic carbocycles. The zero-order valence-corrected chi connectivity index (χ0v) is 27.3. The van der Waals surface area contributed by atoms with Crippen LogP contribution in [0.1, 0.15) is 0 Å². The van der Waals surface area contributed by atoms with Crippen molar-refractivity contribution in [3.8, 4) is 33.5 Å². The van der Waals surface area contributed by atoms with Gasteiger partial charge in [0.2, 0.25) is 0 Å². The number of hydrogen-bond acceptors (Lipinski definition) is 2. The highest BCUT2D eigenvalue weighted by Crippen LogP contribution is 2.47. The zero-order valence-electron chi connectivity index (χ0n) is 26.4. The summed E-state index contributed by atoms with van der Waals surface area (Å²) < 4.78 is 2.68. The Morgan fingerprint density at radius 2 is 0.939 bits per heavy atom. The molecule has 11 rings (SSSR count). The maximum Gasteiger partial charge on any atom is 0.0702 e. The minimum Gasteiger partial charge on any atom is -0.256 e. The van der Waals surface area contributed by atoms with E-state index in [-0.39, 0.29) is 0 Å². The first kappa shape index (κ1) is 26.9. The first-order chi connectivity index (χ1) is 24.3. The van der Waals surface area contributed by atoms with Gasteiger partial charge in [-0.15, -0.1) is 11.3 Å². The third-order valence-corrected chi connectivity index (χ3v) is 11.7. The van der Waals surface area contributed by atoms with Gasteiger partial charge in [-0.25, -0.2) is 0 Å². The van der Waals surface area contributed by atoms with Crippen LogP contribution in [0.2, 0.25) is 0 Å². The molecule has 0 bridgehead atoms. The number of pyridine rings is 1. The number of benzene rings is 9. The van der Waals surface area contributed by atoms with E-state index in [1.807, 2.05) is 23.6 Å². The van der Waals surface area contributed by atoms with E-state index in [0.29, 0.717) is 0 Å². The smallest absolute Gasteiger partial charge is 0.0702 e. The van der Waals surface area contributed by atoms with Crippen molar-refractivity contribution < 1.29 is 0 Å². The van der Waals surface area contributed by atoms with Crippen molar-refractivity contribution >= 4 is 85.4 Å². The van der Waals surface area contributed by atoms with Gasteiger partial charge in [0.15, 0.2) is 0 Å². The average Bonchev–Trinajstić information content (AvgIpc) is 3.56. The minimum atomic E-state index is 0.993. The number of aromatic nitrogens is 1. The van der Waals surface area contributed by atoms with Gasteiger partial charge in [0.25, 0.3) is 0 Å². The van der Waals surface area contributed by atoms with Crippen LogP contribution in [-0.2, 0) is 0 Å². The molecule has 0 radical (unpaired) electrons. The zero-order chi connectivity index (χ0) is 32.1. The molecule has 2 heteroatoms. The summed E-state index contributed by atoms with van der Waals surface area (Å²) in [5.74, 6) is 0. The first-order valence-electron chi connectivity index (χ1n) is 16.8. The molecule has 11 aromatic rings. The highest BCUT2D eigenvalue weighted by molar-refractivity contribution is 7.26. The maximum atomic E-state index is 4.76. The molecule has 1 nitrogen and oxygen atoms in total. The molecular formula is C47H27NS. The van der Waals surface area contributed by atoms with Crippen LogP contribution in [0.15, 0.2) is 164 Å². The molecule has 2 aromatic heterocycles. The maximum absolute atomic E-state index is 4.76. The van der Waals surface area contributed by atoms with E-state index >= 15 is 0 Å². The van der Waals surface area contributed by atoms with E-state index in [2.05, 4.69) is 152 Å². The van der Waals surface area contributed by atoms with Crippen LogP contribution in [-0.4, -0.2) is 4.98 Å². The highest BCUT2D eigenvalue weighted by Gasteiger charge is 2.19. The molecule has 0 saturated carbocycles. The van der Waals surface area contributed by atoms with Gasteiger partial charge in [0.05, 0.1) is 5.69 Å². The van der Waals surface area contributed by atoms with Crippen molar-refractivity contribution in [2.24, 2.45) is 0 Å². The van der Waals surface area contributed by atoms with Crippen molar-refractivity contribution in [2.45, 2.75) is 0 Å². The Morgan fingerprint density at radius 3 is 1.78 bits per heavy atom. The predicted molar refractivity (Wildman–Crippen MR) is 212 cm³/mol. The predicted octanol–water partition coefficient (Wildman–Crippen LogP) is 13.7. The second-order valence-electron chi connectivity index (χ2n) is 13.1. The van der Waals surface area contributed by atoms with Crippen molar-refractivity contribution in [1.29, 1.82) is 0 Å². The molecule has 0 atom stereocenters. The lowest BCUT2D eigenvalue weighted by molar-refractivity contribution is 1.33. The average molecular weight is 638 g/mol. The number of nitrogens with zero attached hydrogens (tertiary/aromatic N) is 1.